The summed E-state index contributed by atoms with van der Waals surface area (Å²) in [7, 11) is 0. The summed E-state index contributed by atoms with van der Waals surface area (Å²) in [5, 5.41) is 4.51. The highest BCUT2D eigenvalue weighted by Gasteiger charge is 2.11. The summed E-state index contributed by atoms with van der Waals surface area (Å²) in [5.74, 6) is 0. The van der Waals surface area contributed by atoms with E-state index in [-0.39, 0.29) is 0 Å². The Morgan fingerprint density at radius 1 is 1.30 bits per heavy atom. The smallest absolute Gasteiger partial charge is 0.0215 e. The molecular formula is C9H20N. The largest absolute Gasteiger partial charge is 0.238 e. The van der Waals surface area contributed by atoms with Gasteiger partial charge >= 0.3 is 0 Å². The minimum Gasteiger partial charge on any atom is -0.238 e. The van der Waals surface area contributed by atoms with Gasteiger partial charge in [0.15, 0.2) is 0 Å². The van der Waals surface area contributed by atoms with Crippen molar-refractivity contribution < 1.29 is 0 Å². The zero-order valence-electron chi connectivity index (χ0n) is 7.94. The maximum atomic E-state index is 4.51. The third kappa shape index (κ3) is 6.09. The van der Waals surface area contributed by atoms with E-state index in [0.717, 1.165) is 13.0 Å². The van der Waals surface area contributed by atoms with Crippen molar-refractivity contribution in [3.63, 3.8) is 0 Å². The fourth-order valence-electron chi connectivity index (χ4n) is 0.559. The molecule has 1 radical (unpaired) electrons. The Balaban J connectivity index is 3.36. The van der Waals surface area contributed by atoms with Crippen LogP contribution in [-0.4, -0.2) is 12.6 Å². The van der Waals surface area contributed by atoms with Crippen LogP contribution < -0.4 is 5.32 Å². The molecule has 0 spiro atoms. The first-order valence-corrected chi connectivity index (χ1v) is 4.12. The number of hydrogen-bond acceptors (Lipinski definition) is 0. The molecule has 0 heterocycles. The minimum absolute atomic E-state index is 0.365. The topological polar surface area (TPSA) is 14.1 Å². The lowest BCUT2D eigenvalue weighted by atomic mass is 9.96. The molecule has 1 nitrogen and oxygen atoms in total. The molecule has 0 saturated carbocycles. The van der Waals surface area contributed by atoms with E-state index in [9.17, 15) is 0 Å². The molecule has 0 amide bonds. The minimum atomic E-state index is 0.365. The maximum absolute atomic E-state index is 4.51. The van der Waals surface area contributed by atoms with Gasteiger partial charge in [-0.15, -0.1) is 0 Å². The van der Waals surface area contributed by atoms with Gasteiger partial charge in [-0.1, -0.05) is 27.7 Å². The van der Waals surface area contributed by atoms with E-state index in [1.165, 1.54) is 0 Å². The second-order valence-corrected chi connectivity index (χ2v) is 4.16. The van der Waals surface area contributed by atoms with E-state index >= 15 is 0 Å². The Labute approximate surface area is 65.2 Å². The molecule has 0 aliphatic carbocycles. The lowest BCUT2D eigenvalue weighted by Gasteiger charge is -2.19. The second-order valence-electron chi connectivity index (χ2n) is 4.16. The predicted octanol–water partition coefficient (Wildman–Crippen LogP) is 2.44. The van der Waals surface area contributed by atoms with Gasteiger partial charge < -0.3 is 0 Å². The monoisotopic (exact) mass is 142 g/mol. The van der Waals surface area contributed by atoms with Crippen molar-refractivity contribution in [2.45, 2.75) is 47.1 Å². The Morgan fingerprint density at radius 2 is 1.80 bits per heavy atom. The highest BCUT2D eigenvalue weighted by Crippen LogP contribution is 2.11. The Kier molecular flexibility index (Phi) is 3.95. The zero-order chi connectivity index (χ0) is 8.20. The quantitative estimate of drug-likeness (QED) is 0.574. The van der Waals surface area contributed by atoms with E-state index in [1.54, 1.807) is 0 Å². The van der Waals surface area contributed by atoms with Crippen LogP contribution in [0.25, 0.3) is 0 Å². The van der Waals surface area contributed by atoms with Gasteiger partial charge in [0, 0.05) is 12.6 Å². The number of rotatable bonds is 3. The molecule has 0 rings (SSSR count). The first kappa shape index (κ1) is 9.96. The van der Waals surface area contributed by atoms with Crippen LogP contribution in [0.2, 0.25) is 0 Å². The highest BCUT2D eigenvalue weighted by molar-refractivity contribution is 4.67. The molecule has 0 aromatic carbocycles. The van der Waals surface area contributed by atoms with Crippen LogP contribution in [-0.2, 0) is 0 Å². The predicted molar refractivity (Wildman–Crippen MR) is 46.2 cm³/mol. The van der Waals surface area contributed by atoms with Gasteiger partial charge in [-0.3, -0.25) is 0 Å². The average molecular weight is 142 g/mol. The van der Waals surface area contributed by atoms with Gasteiger partial charge in [0.1, 0.15) is 0 Å². The normalized spacial score (nSPS) is 15.3. The molecule has 0 N–H and O–H groups in total. The first-order chi connectivity index (χ1) is 4.45. The number of nitrogens with zero attached hydrogens (tertiary/aromatic N) is 1. The standard InChI is InChI=1S/C9H20N/c1-6-8(2)10-7-9(3,4)5/h8H,6-7H2,1-5H3. The van der Waals surface area contributed by atoms with Crippen LogP contribution in [0.3, 0.4) is 0 Å². The van der Waals surface area contributed by atoms with E-state index < -0.39 is 0 Å². The molecule has 0 fully saturated rings. The molecule has 0 aromatic heterocycles. The van der Waals surface area contributed by atoms with Crippen LogP contribution in [0, 0.1) is 5.41 Å². The molecule has 0 saturated heterocycles. The Hall–Kier alpha value is -0.0400. The van der Waals surface area contributed by atoms with Crippen molar-refractivity contribution in [1.29, 1.82) is 0 Å². The summed E-state index contributed by atoms with van der Waals surface area (Å²) in [4.78, 5) is 0. The van der Waals surface area contributed by atoms with Crippen molar-refractivity contribution in [1.82, 2.24) is 5.32 Å². The summed E-state index contributed by atoms with van der Waals surface area (Å²) >= 11 is 0. The fraction of sp³-hybridized carbons (Fsp3) is 1.00. The summed E-state index contributed by atoms with van der Waals surface area (Å²) < 4.78 is 0. The number of hydrogen-bond donors (Lipinski definition) is 0. The first-order valence-electron chi connectivity index (χ1n) is 4.12. The molecule has 1 unspecified atom stereocenters. The maximum Gasteiger partial charge on any atom is 0.0215 e. The molecule has 10 heavy (non-hydrogen) atoms. The van der Waals surface area contributed by atoms with Crippen molar-refractivity contribution in [2.24, 2.45) is 5.41 Å². The zero-order valence-corrected chi connectivity index (χ0v) is 7.94. The lowest BCUT2D eigenvalue weighted by Crippen LogP contribution is -2.27. The van der Waals surface area contributed by atoms with Gasteiger partial charge in [-0.2, -0.15) is 0 Å². The van der Waals surface area contributed by atoms with Gasteiger partial charge in [0.2, 0.25) is 0 Å². The lowest BCUT2D eigenvalue weighted by molar-refractivity contribution is 0.348. The third-order valence-corrected chi connectivity index (χ3v) is 1.47. The van der Waals surface area contributed by atoms with Gasteiger partial charge in [-0.05, 0) is 18.8 Å². The fourth-order valence-corrected chi connectivity index (χ4v) is 0.559. The third-order valence-electron chi connectivity index (χ3n) is 1.47. The molecule has 1 heteroatoms. The molecule has 0 aliphatic heterocycles. The molecule has 0 bridgehead atoms. The SMILES string of the molecule is CCC(C)[N]CC(C)(C)C. The van der Waals surface area contributed by atoms with Gasteiger partial charge in [0.25, 0.3) is 0 Å². The van der Waals surface area contributed by atoms with Gasteiger partial charge in [-0.25, -0.2) is 5.32 Å². The molecular weight excluding hydrogens is 122 g/mol. The molecule has 0 aliphatic rings. The second kappa shape index (κ2) is 3.97. The van der Waals surface area contributed by atoms with Crippen LogP contribution >= 0.6 is 0 Å². The van der Waals surface area contributed by atoms with Gasteiger partial charge in [0.05, 0.1) is 0 Å². The Morgan fingerprint density at radius 3 is 2.10 bits per heavy atom. The Bertz CT molecular complexity index is 81.2. The van der Waals surface area contributed by atoms with Crippen LogP contribution in [0.5, 0.6) is 0 Å². The summed E-state index contributed by atoms with van der Waals surface area (Å²) in [6, 6.07) is 0.541. The van der Waals surface area contributed by atoms with Crippen LogP contribution in [0.15, 0.2) is 0 Å². The van der Waals surface area contributed by atoms with Crippen molar-refractivity contribution in [3.05, 3.63) is 0 Å². The van der Waals surface area contributed by atoms with Crippen LogP contribution in [0.1, 0.15) is 41.0 Å². The molecule has 0 aromatic rings. The molecule has 1 atom stereocenters. The average Bonchev–Trinajstić information content (AvgIpc) is 1.81. The van der Waals surface area contributed by atoms with E-state index in [0.29, 0.717) is 11.5 Å². The van der Waals surface area contributed by atoms with E-state index in [4.69, 9.17) is 0 Å². The highest BCUT2D eigenvalue weighted by atomic mass is 14.9. The molecule has 61 valence electrons. The van der Waals surface area contributed by atoms with Crippen molar-refractivity contribution in [3.8, 4) is 0 Å². The summed E-state index contributed by atoms with van der Waals surface area (Å²) in [5.41, 5.74) is 0.365. The van der Waals surface area contributed by atoms with Crippen LogP contribution in [0.4, 0.5) is 0 Å². The van der Waals surface area contributed by atoms with E-state index in [2.05, 4.69) is 39.9 Å². The summed E-state index contributed by atoms with van der Waals surface area (Å²) in [6.45, 7) is 12.0. The van der Waals surface area contributed by atoms with E-state index in [1.807, 2.05) is 0 Å². The van der Waals surface area contributed by atoms with Crippen molar-refractivity contribution in [2.75, 3.05) is 6.54 Å². The summed E-state index contributed by atoms with van der Waals surface area (Å²) in [6.07, 6.45) is 1.16. The van der Waals surface area contributed by atoms with Crippen molar-refractivity contribution >= 4 is 0 Å².